The van der Waals surface area contributed by atoms with Crippen LogP contribution in [0.5, 0.6) is 0 Å². The van der Waals surface area contributed by atoms with Gasteiger partial charge in [0.15, 0.2) is 0 Å². The van der Waals surface area contributed by atoms with Crippen LogP contribution in [0.25, 0.3) is 0 Å². The van der Waals surface area contributed by atoms with E-state index in [9.17, 15) is 18.0 Å². The first-order valence-electron chi connectivity index (χ1n) is 6.83. The van der Waals surface area contributed by atoms with Crippen LogP contribution in [-0.4, -0.2) is 21.9 Å². The molecule has 0 unspecified atom stereocenters. The molecule has 2 N–H and O–H groups in total. The van der Waals surface area contributed by atoms with E-state index in [-0.39, 0.29) is 17.4 Å². The third-order valence-electron chi connectivity index (χ3n) is 2.81. The molecule has 2 rings (SSSR count). The fourth-order valence-electron chi connectivity index (χ4n) is 1.79. The first-order valence-corrected chi connectivity index (χ1v) is 6.83. The van der Waals surface area contributed by atoms with Crippen LogP contribution in [0, 0.1) is 0 Å². The molecule has 0 spiro atoms. The predicted molar refractivity (Wildman–Crippen MR) is 80.2 cm³/mol. The summed E-state index contributed by atoms with van der Waals surface area (Å²) in [5.41, 5.74) is -0.413. The topological polar surface area (TPSA) is 66.9 Å². The highest BCUT2D eigenvalue weighted by molar-refractivity contribution is 6.03. The number of aromatic nitrogens is 2. The molecule has 0 aliphatic rings. The third-order valence-corrected chi connectivity index (χ3v) is 2.81. The molecule has 0 aliphatic heterocycles. The number of anilines is 2. The summed E-state index contributed by atoms with van der Waals surface area (Å²) in [6, 6.07) is 5.79. The van der Waals surface area contributed by atoms with Crippen LogP contribution in [0.2, 0.25) is 0 Å². The molecule has 1 heterocycles. The van der Waals surface area contributed by atoms with E-state index in [0.717, 1.165) is 12.1 Å². The van der Waals surface area contributed by atoms with E-state index in [1.54, 1.807) is 0 Å². The Morgan fingerprint density at radius 3 is 2.35 bits per heavy atom. The van der Waals surface area contributed by atoms with Gasteiger partial charge in [0.1, 0.15) is 17.8 Å². The molecule has 1 amide bonds. The number of nitrogens with one attached hydrogen (secondary N) is 2. The minimum Gasteiger partial charge on any atom is -0.368 e. The Morgan fingerprint density at radius 1 is 1.13 bits per heavy atom. The van der Waals surface area contributed by atoms with Crippen molar-refractivity contribution in [2.75, 3.05) is 10.6 Å². The molecule has 5 nitrogen and oxygen atoms in total. The van der Waals surface area contributed by atoms with Crippen molar-refractivity contribution < 1.29 is 18.0 Å². The number of nitrogens with zero attached hydrogens (tertiary/aromatic N) is 2. The summed E-state index contributed by atoms with van der Waals surface area (Å²) in [6.45, 7) is 3.84. The zero-order valence-corrected chi connectivity index (χ0v) is 12.5. The van der Waals surface area contributed by atoms with Gasteiger partial charge in [-0.3, -0.25) is 4.79 Å². The molecule has 122 valence electrons. The number of benzene rings is 1. The van der Waals surface area contributed by atoms with E-state index < -0.39 is 17.6 Å². The van der Waals surface area contributed by atoms with E-state index in [1.807, 2.05) is 13.8 Å². The SMILES string of the molecule is CC(C)Nc1cc(C(=O)Nc2ccc(C(F)(F)F)cc2)ncn1. The lowest BCUT2D eigenvalue weighted by molar-refractivity contribution is -0.137. The van der Waals surface area contributed by atoms with Crippen molar-refractivity contribution in [3.05, 3.63) is 47.9 Å². The first-order chi connectivity index (χ1) is 10.8. The van der Waals surface area contributed by atoms with Crippen molar-refractivity contribution in [3.63, 3.8) is 0 Å². The standard InChI is InChI=1S/C15H15F3N4O/c1-9(2)21-13-7-12(19-8-20-13)14(23)22-11-5-3-10(4-6-11)15(16,17)18/h3-9H,1-2H3,(H,22,23)(H,19,20,21). The fraction of sp³-hybridized carbons (Fsp3) is 0.267. The number of carbonyl (C=O) groups excluding carboxylic acids is 1. The molecule has 0 bridgehead atoms. The quantitative estimate of drug-likeness (QED) is 0.902. The zero-order valence-electron chi connectivity index (χ0n) is 12.5. The van der Waals surface area contributed by atoms with Crippen molar-refractivity contribution >= 4 is 17.4 Å². The van der Waals surface area contributed by atoms with Gasteiger partial charge in [-0.15, -0.1) is 0 Å². The van der Waals surface area contributed by atoms with Crippen molar-refractivity contribution in [1.29, 1.82) is 0 Å². The van der Waals surface area contributed by atoms with Gasteiger partial charge in [-0.05, 0) is 38.1 Å². The molecule has 1 aromatic carbocycles. The molecule has 0 aliphatic carbocycles. The molecule has 1 aromatic heterocycles. The molecule has 0 saturated heterocycles. The van der Waals surface area contributed by atoms with Crippen molar-refractivity contribution in [1.82, 2.24) is 9.97 Å². The summed E-state index contributed by atoms with van der Waals surface area (Å²) in [7, 11) is 0. The molecule has 0 saturated carbocycles. The van der Waals surface area contributed by atoms with Crippen LogP contribution in [0.4, 0.5) is 24.7 Å². The van der Waals surface area contributed by atoms with Crippen LogP contribution in [0.1, 0.15) is 29.9 Å². The van der Waals surface area contributed by atoms with Crippen molar-refractivity contribution in [3.8, 4) is 0 Å². The zero-order chi connectivity index (χ0) is 17.0. The maximum atomic E-state index is 12.5. The Morgan fingerprint density at radius 2 is 1.78 bits per heavy atom. The monoisotopic (exact) mass is 324 g/mol. The van der Waals surface area contributed by atoms with E-state index in [2.05, 4.69) is 20.6 Å². The van der Waals surface area contributed by atoms with E-state index in [4.69, 9.17) is 0 Å². The van der Waals surface area contributed by atoms with Gasteiger partial charge in [0.25, 0.3) is 5.91 Å². The normalized spacial score (nSPS) is 11.4. The van der Waals surface area contributed by atoms with Gasteiger partial charge >= 0.3 is 6.18 Å². The Balaban J connectivity index is 2.10. The van der Waals surface area contributed by atoms with E-state index in [1.165, 1.54) is 24.5 Å². The van der Waals surface area contributed by atoms with Crippen molar-refractivity contribution in [2.45, 2.75) is 26.1 Å². The molecule has 2 aromatic rings. The number of halogens is 3. The number of rotatable bonds is 4. The second kappa shape index (κ2) is 6.64. The average Bonchev–Trinajstić information content (AvgIpc) is 2.46. The molecule has 8 heteroatoms. The van der Waals surface area contributed by atoms with Gasteiger partial charge in [0, 0.05) is 17.8 Å². The number of carbonyl (C=O) groups is 1. The van der Waals surface area contributed by atoms with Gasteiger partial charge in [0.05, 0.1) is 5.56 Å². The summed E-state index contributed by atoms with van der Waals surface area (Å²) >= 11 is 0. The number of hydrogen-bond donors (Lipinski definition) is 2. The van der Waals surface area contributed by atoms with E-state index in [0.29, 0.717) is 5.82 Å². The molecule has 0 radical (unpaired) electrons. The largest absolute Gasteiger partial charge is 0.416 e. The van der Waals surface area contributed by atoms with Gasteiger partial charge in [-0.2, -0.15) is 13.2 Å². The maximum Gasteiger partial charge on any atom is 0.416 e. The van der Waals surface area contributed by atoms with Gasteiger partial charge < -0.3 is 10.6 Å². The van der Waals surface area contributed by atoms with Crippen molar-refractivity contribution in [2.24, 2.45) is 0 Å². The van der Waals surface area contributed by atoms with Crippen LogP contribution in [0.15, 0.2) is 36.7 Å². The van der Waals surface area contributed by atoms with Gasteiger partial charge in [0.2, 0.25) is 0 Å². The summed E-state index contributed by atoms with van der Waals surface area (Å²) in [6.07, 6.45) is -3.17. The number of hydrogen-bond acceptors (Lipinski definition) is 4. The Kier molecular flexibility index (Phi) is 4.83. The summed E-state index contributed by atoms with van der Waals surface area (Å²) < 4.78 is 37.5. The second-order valence-corrected chi connectivity index (χ2v) is 5.12. The minimum absolute atomic E-state index is 0.114. The Labute approximate surface area is 131 Å². The lowest BCUT2D eigenvalue weighted by atomic mass is 10.2. The van der Waals surface area contributed by atoms with Crippen LogP contribution in [0.3, 0.4) is 0 Å². The molecular weight excluding hydrogens is 309 g/mol. The first kappa shape index (κ1) is 16.7. The fourth-order valence-corrected chi connectivity index (χ4v) is 1.79. The van der Waals surface area contributed by atoms with Crippen LogP contribution >= 0.6 is 0 Å². The molecule has 0 atom stereocenters. The molecule has 0 fully saturated rings. The predicted octanol–water partition coefficient (Wildman–Crippen LogP) is 3.57. The summed E-state index contributed by atoms with van der Waals surface area (Å²) in [4.78, 5) is 19.9. The highest BCUT2D eigenvalue weighted by Gasteiger charge is 2.30. The molecule has 23 heavy (non-hydrogen) atoms. The lowest BCUT2D eigenvalue weighted by Crippen LogP contribution is -2.16. The Bertz CT molecular complexity index is 684. The lowest BCUT2D eigenvalue weighted by Gasteiger charge is -2.10. The van der Waals surface area contributed by atoms with Crippen LogP contribution < -0.4 is 10.6 Å². The van der Waals surface area contributed by atoms with Crippen LogP contribution in [-0.2, 0) is 6.18 Å². The highest BCUT2D eigenvalue weighted by atomic mass is 19.4. The number of amides is 1. The Hall–Kier alpha value is -2.64. The third kappa shape index (κ3) is 4.67. The second-order valence-electron chi connectivity index (χ2n) is 5.12. The van der Waals surface area contributed by atoms with Gasteiger partial charge in [-0.1, -0.05) is 0 Å². The average molecular weight is 324 g/mol. The maximum absolute atomic E-state index is 12.5. The highest BCUT2D eigenvalue weighted by Crippen LogP contribution is 2.29. The smallest absolute Gasteiger partial charge is 0.368 e. The molecular formula is C15H15F3N4O. The van der Waals surface area contributed by atoms with E-state index >= 15 is 0 Å². The summed E-state index contributed by atoms with van der Waals surface area (Å²) in [5.74, 6) is -0.0356. The number of alkyl halides is 3. The van der Waals surface area contributed by atoms with Gasteiger partial charge in [-0.25, -0.2) is 9.97 Å². The minimum atomic E-state index is -4.41. The summed E-state index contributed by atoms with van der Waals surface area (Å²) in [5, 5.41) is 5.52.